The van der Waals surface area contributed by atoms with Gasteiger partial charge in [-0.1, -0.05) is 76.5 Å². The number of fused-ring (bicyclic) bond motifs is 1. The van der Waals surface area contributed by atoms with Gasteiger partial charge in [-0.2, -0.15) is 0 Å². The number of likely N-dealkylation sites (N-methyl/N-ethyl adjacent to an activating group) is 2. The Balaban J connectivity index is 1.58. The van der Waals surface area contributed by atoms with Gasteiger partial charge in [0.25, 0.3) is 5.91 Å². The van der Waals surface area contributed by atoms with Crippen molar-refractivity contribution < 1.29 is 9.59 Å². The number of urea groups is 1. The maximum atomic E-state index is 12.1. The number of amidine groups is 1. The summed E-state index contributed by atoms with van der Waals surface area (Å²) in [6.07, 6.45) is 12.9. The first-order chi connectivity index (χ1) is 12.6. The molecule has 2 atom stereocenters. The SMILES string of the molecule is CCCCCCCCCCCCSC1=NC2C(C(=O)NC(=O)N2C)N1C. The molecule has 2 unspecified atom stereocenters. The van der Waals surface area contributed by atoms with Crippen molar-refractivity contribution >= 4 is 28.9 Å². The molecule has 7 heteroatoms. The molecule has 3 amide bonds. The molecule has 26 heavy (non-hydrogen) atoms. The third kappa shape index (κ3) is 5.63. The molecule has 148 valence electrons. The summed E-state index contributed by atoms with van der Waals surface area (Å²) < 4.78 is 0. The highest BCUT2D eigenvalue weighted by atomic mass is 32.2. The summed E-state index contributed by atoms with van der Waals surface area (Å²) in [5, 5.41) is 3.26. The number of hydrogen-bond acceptors (Lipinski definition) is 5. The molecule has 0 radical (unpaired) electrons. The normalized spacial score (nSPS) is 22.5. The molecular formula is C19H34N4O2S. The van der Waals surface area contributed by atoms with Crippen LogP contribution in [0.5, 0.6) is 0 Å². The predicted octanol–water partition coefficient (Wildman–Crippen LogP) is 3.82. The van der Waals surface area contributed by atoms with Crippen LogP contribution in [0.4, 0.5) is 4.79 Å². The van der Waals surface area contributed by atoms with Crippen LogP contribution in [-0.4, -0.2) is 59.0 Å². The fourth-order valence-electron chi connectivity index (χ4n) is 3.48. The predicted molar refractivity (Wildman–Crippen MR) is 108 cm³/mol. The van der Waals surface area contributed by atoms with E-state index in [2.05, 4.69) is 17.2 Å². The number of aliphatic imine (C=N–C) groups is 1. The first-order valence-electron chi connectivity index (χ1n) is 10.1. The van der Waals surface area contributed by atoms with Gasteiger partial charge in [-0.05, 0) is 6.42 Å². The Labute approximate surface area is 162 Å². The Morgan fingerprint density at radius 1 is 0.923 bits per heavy atom. The first-order valence-corrected chi connectivity index (χ1v) is 11.1. The number of carbonyl (C=O) groups is 2. The fraction of sp³-hybridized carbons (Fsp3) is 0.842. The average Bonchev–Trinajstić information content (AvgIpc) is 2.95. The summed E-state index contributed by atoms with van der Waals surface area (Å²) in [6, 6.07) is -0.762. The van der Waals surface area contributed by atoms with Crippen LogP contribution >= 0.6 is 11.8 Å². The van der Waals surface area contributed by atoms with Crippen molar-refractivity contribution in [2.45, 2.75) is 83.3 Å². The standard InChI is InChI=1S/C19H34N4O2S/c1-4-5-6-7-8-9-10-11-12-13-14-26-19-20-16-15(22(19)2)17(24)21-18(25)23(16)3/h15-16H,4-14H2,1-3H3,(H,21,24,25). The lowest BCUT2D eigenvalue weighted by Crippen LogP contribution is -2.63. The van der Waals surface area contributed by atoms with Crippen molar-refractivity contribution in [1.82, 2.24) is 15.1 Å². The van der Waals surface area contributed by atoms with E-state index >= 15 is 0 Å². The molecule has 1 fully saturated rings. The Morgan fingerprint density at radius 2 is 1.50 bits per heavy atom. The van der Waals surface area contributed by atoms with Gasteiger partial charge in [0, 0.05) is 19.8 Å². The van der Waals surface area contributed by atoms with Gasteiger partial charge in [-0.3, -0.25) is 10.1 Å². The molecule has 2 heterocycles. The molecule has 0 bridgehead atoms. The molecule has 0 saturated carbocycles. The zero-order valence-corrected chi connectivity index (χ0v) is 17.3. The summed E-state index contributed by atoms with van der Waals surface area (Å²) in [7, 11) is 3.57. The van der Waals surface area contributed by atoms with Crippen LogP contribution in [0.2, 0.25) is 0 Å². The van der Waals surface area contributed by atoms with Crippen LogP contribution in [0.15, 0.2) is 4.99 Å². The molecule has 0 spiro atoms. The van der Waals surface area contributed by atoms with Gasteiger partial charge in [-0.15, -0.1) is 0 Å². The lowest BCUT2D eigenvalue weighted by atomic mass is 10.1. The van der Waals surface area contributed by atoms with E-state index in [4.69, 9.17) is 0 Å². The second-order valence-electron chi connectivity index (χ2n) is 7.32. The number of thioether (sulfide) groups is 1. The number of carbonyl (C=O) groups excluding carboxylic acids is 2. The fourth-order valence-corrected chi connectivity index (χ4v) is 4.51. The third-order valence-corrected chi connectivity index (χ3v) is 6.33. The molecule has 1 N–H and O–H groups in total. The Kier molecular flexibility index (Phi) is 8.75. The van der Waals surface area contributed by atoms with E-state index in [9.17, 15) is 9.59 Å². The molecular weight excluding hydrogens is 348 g/mol. The molecule has 0 aliphatic carbocycles. The minimum Gasteiger partial charge on any atom is -0.339 e. The summed E-state index contributed by atoms with van der Waals surface area (Å²) in [4.78, 5) is 31.8. The van der Waals surface area contributed by atoms with Crippen LogP contribution in [-0.2, 0) is 4.79 Å². The highest BCUT2D eigenvalue weighted by Gasteiger charge is 2.47. The number of amides is 3. The molecule has 0 aromatic rings. The summed E-state index contributed by atoms with van der Waals surface area (Å²) in [5.74, 6) is 0.761. The highest BCUT2D eigenvalue weighted by molar-refractivity contribution is 8.13. The van der Waals surface area contributed by atoms with Gasteiger partial charge in [0.05, 0.1) is 0 Å². The van der Waals surface area contributed by atoms with E-state index in [0.29, 0.717) is 0 Å². The second kappa shape index (κ2) is 10.8. The van der Waals surface area contributed by atoms with E-state index in [0.717, 1.165) is 10.9 Å². The maximum Gasteiger partial charge on any atom is 0.325 e. The number of nitrogens with one attached hydrogen (secondary N) is 1. The van der Waals surface area contributed by atoms with Crippen LogP contribution in [0.1, 0.15) is 71.1 Å². The first kappa shape index (κ1) is 21.1. The lowest BCUT2D eigenvalue weighted by Gasteiger charge is -2.34. The number of hydrogen-bond donors (Lipinski definition) is 1. The summed E-state index contributed by atoms with van der Waals surface area (Å²) >= 11 is 1.70. The van der Waals surface area contributed by atoms with Crippen molar-refractivity contribution in [3.05, 3.63) is 0 Å². The van der Waals surface area contributed by atoms with Crippen LogP contribution in [0.25, 0.3) is 0 Å². The van der Waals surface area contributed by atoms with Crippen molar-refractivity contribution in [1.29, 1.82) is 0 Å². The molecule has 0 aromatic heterocycles. The quantitative estimate of drug-likeness (QED) is 0.552. The van der Waals surface area contributed by atoms with Crippen LogP contribution in [0, 0.1) is 0 Å². The highest BCUT2D eigenvalue weighted by Crippen LogP contribution is 2.27. The van der Waals surface area contributed by atoms with Gasteiger partial charge >= 0.3 is 6.03 Å². The van der Waals surface area contributed by atoms with Gasteiger partial charge in [0.15, 0.2) is 17.4 Å². The smallest absolute Gasteiger partial charge is 0.325 e. The van der Waals surface area contributed by atoms with Gasteiger partial charge in [0.2, 0.25) is 0 Å². The average molecular weight is 383 g/mol. The van der Waals surface area contributed by atoms with Gasteiger partial charge < -0.3 is 9.80 Å². The number of rotatable bonds is 11. The zero-order valence-electron chi connectivity index (χ0n) is 16.5. The molecule has 0 aromatic carbocycles. The van der Waals surface area contributed by atoms with E-state index in [1.165, 1.54) is 69.1 Å². The largest absolute Gasteiger partial charge is 0.339 e. The molecule has 6 nitrogen and oxygen atoms in total. The third-order valence-electron chi connectivity index (χ3n) is 5.19. The van der Waals surface area contributed by atoms with Crippen molar-refractivity contribution in [2.75, 3.05) is 19.8 Å². The maximum absolute atomic E-state index is 12.1. The molecule has 2 rings (SSSR count). The summed E-state index contributed by atoms with van der Waals surface area (Å²) in [6.45, 7) is 2.26. The van der Waals surface area contributed by atoms with Crippen LogP contribution in [0.3, 0.4) is 0 Å². The molecule has 2 aliphatic rings. The number of imide groups is 1. The lowest BCUT2D eigenvalue weighted by molar-refractivity contribution is -0.126. The van der Waals surface area contributed by atoms with E-state index in [-0.39, 0.29) is 11.9 Å². The van der Waals surface area contributed by atoms with Gasteiger partial charge in [-0.25, -0.2) is 9.79 Å². The van der Waals surface area contributed by atoms with Crippen molar-refractivity contribution in [3.63, 3.8) is 0 Å². The van der Waals surface area contributed by atoms with E-state index in [1.807, 2.05) is 11.9 Å². The molecule has 1 saturated heterocycles. The zero-order chi connectivity index (χ0) is 18.9. The minimum atomic E-state index is -0.395. The van der Waals surface area contributed by atoms with Gasteiger partial charge in [0.1, 0.15) is 0 Å². The van der Waals surface area contributed by atoms with E-state index in [1.54, 1.807) is 18.8 Å². The summed E-state index contributed by atoms with van der Waals surface area (Å²) in [5.41, 5.74) is 0. The monoisotopic (exact) mass is 382 g/mol. The Bertz CT molecular complexity index is 512. The minimum absolute atomic E-state index is 0.251. The second-order valence-corrected chi connectivity index (χ2v) is 8.38. The van der Waals surface area contributed by atoms with Crippen molar-refractivity contribution in [3.8, 4) is 0 Å². The Morgan fingerprint density at radius 3 is 2.12 bits per heavy atom. The topological polar surface area (TPSA) is 65.0 Å². The molecule has 2 aliphatic heterocycles. The number of unbranched alkanes of at least 4 members (excludes halogenated alkanes) is 9. The van der Waals surface area contributed by atoms with Crippen LogP contribution < -0.4 is 5.32 Å². The van der Waals surface area contributed by atoms with E-state index < -0.39 is 12.2 Å². The Hall–Kier alpha value is -1.24. The number of nitrogens with zero attached hydrogens (tertiary/aromatic N) is 3. The van der Waals surface area contributed by atoms with Crippen molar-refractivity contribution in [2.24, 2.45) is 4.99 Å².